The lowest BCUT2D eigenvalue weighted by atomic mass is 10.0. The Hall–Kier alpha value is -3.57. The number of pyridine rings is 1. The number of hydrogen-bond donors (Lipinski definition) is 0. The minimum absolute atomic E-state index is 0.0177. The average Bonchev–Trinajstić information content (AvgIpc) is 3.27. The highest BCUT2D eigenvalue weighted by Crippen LogP contribution is 2.32. The van der Waals surface area contributed by atoms with Crippen LogP contribution in [0.15, 0.2) is 85.1 Å². The fourth-order valence-corrected chi connectivity index (χ4v) is 5.05. The molecule has 0 spiro atoms. The first-order valence-electron chi connectivity index (χ1n) is 10.8. The van der Waals surface area contributed by atoms with Gasteiger partial charge in [0.15, 0.2) is 5.13 Å². The molecule has 3 aromatic carbocycles. The molecule has 4 nitrogen and oxygen atoms in total. The molecule has 0 N–H and O–H groups in total. The quantitative estimate of drug-likeness (QED) is 0.318. The highest BCUT2D eigenvalue weighted by atomic mass is 32.1. The summed E-state index contributed by atoms with van der Waals surface area (Å²) in [6, 6.07) is 26.3. The first kappa shape index (κ1) is 20.3. The van der Waals surface area contributed by atoms with Gasteiger partial charge in [-0.3, -0.25) is 14.7 Å². The molecule has 0 saturated carbocycles. The van der Waals surface area contributed by atoms with Gasteiger partial charge in [-0.25, -0.2) is 4.98 Å². The van der Waals surface area contributed by atoms with E-state index in [1.165, 1.54) is 5.56 Å². The summed E-state index contributed by atoms with van der Waals surface area (Å²) in [6.07, 6.45) is 2.98. The minimum atomic E-state index is 0.0177. The van der Waals surface area contributed by atoms with Gasteiger partial charge in [-0.1, -0.05) is 78.9 Å². The summed E-state index contributed by atoms with van der Waals surface area (Å²) in [5.74, 6) is 0.0177. The number of thiazole rings is 1. The Balaban J connectivity index is 1.54. The van der Waals surface area contributed by atoms with Crippen molar-refractivity contribution in [3.8, 4) is 0 Å². The first-order valence-corrected chi connectivity index (χ1v) is 11.6. The van der Waals surface area contributed by atoms with E-state index >= 15 is 0 Å². The predicted octanol–water partition coefficient (Wildman–Crippen LogP) is 6.18. The Morgan fingerprint density at radius 3 is 2.53 bits per heavy atom. The van der Waals surface area contributed by atoms with E-state index in [4.69, 9.17) is 4.98 Å². The third kappa shape index (κ3) is 3.99. The summed E-state index contributed by atoms with van der Waals surface area (Å²) in [4.78, 5) is 24.8. The fourth-order valence-electron chi connectivity index (χ4n) is 4.02. The van der Waals surface area contributed by atoms with E-state index in [1.54, 1.807) is 22.4 Å². The molecule has 0 fully saturated rings. The van der Waals surface area contributed by atoms with Crippen LogP contribution in [0, 0.1) is 0 Å². The number of amides is 1. The van der Waals surface area contributed by atoms with Gasteiger partial charge in [0.05, 0.1) is 28.9 Å². The largest absolute Gasteiger partial charge is 0.282 e. The molecule has 0 aliphatic rings. The second-order valence-electron chi connectivity index (χ2n) is 7.73. The topological polar surface area (TPSA) is 46.1 Å². The molecule has 5 heteroatoms. The number of aromatic nitrogens is 2. The zero-order valence-electron chi connectivity index (χ0n) is 17.9. The minimum Gasteiger partial charge on any atom is -0.282 e. The number of carbonyl (C=O) groups excluding carboxylic acids is 1. The Morgan fingerprint density at radius 2 is 1.69 bits per heavy atom. The number of hydrogen-bond acceptors (Lipinski definition) is 4. The summed E-state index contributed by atoms with van der Waals surface area (Å²) in [6.45, 7) is 2.52. The number of rotatable bonds is 6. The van der Waals surface area contributed by atoms with E-state index in [0.29, 0.717) is 13.0 Å². The SMILES string of the molecule is CCc1cccc2sc(N(Cc3ccccn3)C(=O)Cc3cccc4ccccc34)nc12. The van der Waals surface area contributed by atoms with Crippen molar-refractivity contribution in [2.75, 3.05) is 4.90 Å². The summed E-state index contributed by atoms with van der Waals surface area (Å²) >= 11 is 1.56. The lowest BCUT2D eigenvalue weighted by Crippen LogP contribution is -2.32. The van der Waals surface area contributed by atoms with Gasteiger partial charge in [-0.15, -0.1) is 0 Å². The van der Waals surface area contributed by atoms with E-state index in [0.717, 1.165) is 43.8 Å². The molecule has 0 aliphatic heterocycles. The van der Waals surface area contributed by atoms with Crippen LogP contribution in [0.25, 0.3) is 21.0 Å². The molecule has 32 heavy (non-hydrogen) atoms. The van der Waals surface area contributed by atoms with Gasteiger partial charge in [-0.05, 0) is 46.5 Å². The second kappa shape index (κ2) is 8.89. The zero-order chi connectivity index (χ0) is 21.9. The molecule has 0 atom stereocenters. The van der Waals surface area contributed by atoms with Crippen molar-refractivity contribution in [1.29, 1.82) is 0 Å². The van der Waals surface area contributed by atoms with E-state index < -0.39 is 0 Å². The van der Waals surface area contributed by atoms with Gasteiger partial charge < -0.3 is 0 Å². The number of nitrogens with zero attached hydrogens (tertiary/aromatic N) is 3. The lowest BCUT2D eigenvalue weighted by Gasteiger charge is -2.20. The molecule has 158 valence electrons. The van der Waals surface area contributed by atoms with Crippen molar-refractivity contribution in [3.63, 3.8) is 0 Å². The number of benzene rings is 3. The first-order chi connectivity index (χ1) is 15.7. The van der Waals surface area contributed by atoms with Crippen LogP contribution in [0.1, 0.15) is 23.7 Å². The van der Waals surface area contributed by atoms with E-state index in [9.17, 15) is 4.79 Å². The van der Waals surface area contributed by atoms with Crippen molar-refractivity contribution >= 4 is 43.4 Å². The normalized spacial score (nSPS) is 11.2. The third-order valence-electron chi connectivity index (χ3n) is 5.67. The van der Waals surface area contributed by atoms with Crippen molar-refractivity contribution in [1.82, 2.24) is 9.97 Å². The summed E-state index contributed by atoms with van der Waals surface area (Å²) in [5.41, 5.74) is 4.05. The number of fused-ring (bicyclic) bond motifs is 2. The van der Waals surface area contributed by atoms with Crippen molar-refractivity contribution in [2.24, 2.45) is 0 Å². The lowest BCUT2D eigenvalue weighted by molar-refractivity contribution is -0.118. The Kier molecular flexibility index (Phi) is 5.65. The molecule has 2 heterocycles. The molecule has 0 bridgehead atoms. The summed E-state index contributed by atoms with van der Waals surface area (Å²) in [5, 5.41) is 2.97. The molecule has 1 amide bonds. The van der Waals surface area contributed by atoms with Crippen LogP contribution in [0.5, 0.6) is 0 Å². The Labute approximate surface area is 191 Å². The Bertz CT molecular complexity index is 1390. The van der Waals surface area contributed by atoms with Gasteiger partial charge in [0.1, 0.15) is 0 Å². The molecule has 5 aromatic rings. The highest BCUT2D eigenvalue weighted by Gasteiger charge is 2.22. The molecular formula is C27H23N3OS. The third-order valence-corrected chi connectivity index (χ3v) is 6.72. The van der Waals surface area contributed by atoms with Crippen LogP contribution in [0.3, 0.4) is 0 Å². The average molecular weight is 438 g/mol. The zero-order valence-corrected chi connectivity index (χ0v) is 18.7. The van der Waals surface area contributed by atoms with E-state index in [1.807, 2.05) is 42.5 Å². The van der Waals surface area contributed by atoms with Gasteiger partial charge in [0.25, 0.3) is 0 Å². The van der Waals surface area contributed by atoms with Crippen LogP contribution < -0.4 is 4.90 Å². The van der Waals surface area contributed by atoms with Gasteiger partial charge in [-0.2, -0.15) is 0 Å². The van der Waals surface area contributed by atoms with Crippen molar-refractivity contribution in [2.45, 2.75) is 26.3 Å². The maximum atomic E-state index is 13.7. The summed E-state index contributed by atoms with van der Waals surface area (Å²) in [7, 11) is 0. The summed E-state index contributed by atoms with van der Waals surface area (Å²) < 4.78 is 1.10. The molecule has 0 aliphatic carbocycles. The molecule has 0 radical (unpaired) electrons. The standard InChI is InChI=1S/C27H23N3OS/c1-2-19-10-8-15-24-26(19)29-27(32-24)30(18-22-13-5-6-16-28-22)25(31)17-21-12-7-11-20-9-3-4-14-23(20)21/h3-16H,2,17-18H2,1H3. The smallest absolute Gasteiger partial charge is 0.233 e. The second-order valence-corrected chi connectivity index (χ2v) is 8.74. The molecule has 0 saturated heterocycles. The predicted molar refractivity (Wildman–Crippen MR) is 132 cm³/mol. The van der Waals surface area contributed by atoms with Crippen LogP contribution >= 0.6 is 11.3 Å². The maximum absolute atomic E-state index is 13.7. The van der Waals surface area contributed by atoms with Crippen LogP contribution in [0.4, 0.5) is 5.13 Å². The highest BCUT2D eigenvalue weighted by molar-refractivity contribution is 7.22. The van der Waals surface area contributed by atoms with Gasteiger partial charge >= 0.3 is 0 Å². The van der Waals surface area contributed by atoms with Gasteiger partial charge in [0.2, 0.25) is 5.91 Å². The van der Waals surface area contributed by atoms with E-state index in [-0.39, 0.29) is 5.91 Å². The molecule has 2 aromatic heterocycles. The number of carbonyl (C=O) groups is 1. The van der Waals surface area contributed by atoms with Crippen LogP contribution in [-0.4, -0.2) is 15.9 Å². The van der Waals surface area contributed by atoms with Crippen molar-refractivity contribution in [3.05, 3.63) is 102 Å². The van der Waals surface area contributed by atoms with Crippen LogP contribution in [-0.2, 0) is 24.2 Å². The van der Waals surface area contributed by atoms with Crippen molar-refractivity contribution < 1.29 is 4.79 Å². The number of aryl methyl sites for hydroxylation is 1. The molecule has 5 rings (SSSR count). The monoisotopic (exact) mass is 437 g/mol. The molecular weight excluding hydrogens is 414 g/mol. The number of para-hydroxylation sites is 1. The molecule has 0 unspecified atom stereocenters. The fraction of sp³-hybridized carbons (Fsp3) is 0.148. The maximum Gasteiger partial charge on any atom is 0.233 e. The Morgan fingerprint density at radius 1 is 0.906 bits per heavy atom. The number of anilines is 1. The van der Waals surface area contributed by atoms with Crippen LogP contribution in [0.2, 0.25) is 0 Å². The van der Waals surface area contributed by atoms with Gasteiger partial charge in [0, 0.05) is 6.20 Å². The van der Waals surface area contributed by atoms with E-state index in [2.05, 4.69) is 48.3 Å².